The molecule has 5 nitrogen and oxygen atoms in total. The molecule has 0 bridgehead atoms. The molecule has 0 aromatic heterocycles. The second-order valence-electron chi connectivity index (χ2n) is 6.50. The Morgan fingerprint density at radius 2 is 1.89 bits per heavy atom. The second kappa shape index (κ2) is 8.57. The smallest absolute Gasteiger partial charge is 0.328 e. The van der Waals surface area contributed by atoms with Gasteiger partial charge in [0.15, 0.2) is 0 Å². The number of rotatable bonds is 5. The Labute approximate surface area is 167 Å². The highest BCUT2D eigenvalue weighted by Gasteiger charge is 2.34. The zero-order valence-corrected chi connectivity index (χ0v) is 17.0. The molecule has 2 aromatic carbocycles. The van der Waals surface area contributed by atoms with Crippen LogP contribution in [0.4, 0.5) is 0 Å². The molecule has 1 aliphatic heterocycles. The van der Waals surface area contributed by atoms with Gasteiger partial charge in [-0.05, 0) is 51.2 Å². The fraction of sp³-hybridized carbons (Fsp3) is 0.333. The van der Waals surface area contributed by atoms with Gasteiger partial charge in [0.05, 0.1) is 18.7 Å². The molecule has 3 rings (SSSR count). The first kappa shape index (κ1) is 19.4. The number of carbonyl (C=O) groups is 2. The van der Waals surface area contributed by atoms with Gasteiger partial charge in [-0.3, -0.25) is 4.79 Å². The molecule has 1 unspecified atom stereocenters. The van der Waals surface area contributed by atoms with Crippen LogP contribution in [0.2, 0.25) is 0 Å². The summed E-state index contributed by atoms with van der Waals surface area (Å²) in [5.41, 5.74) is 3.21. The summed E-state index contributed by atoms with van der Waals surface area (Å²) in [6.45, 7) is 0.432. The van der Waals surface area contributed by atoms with Gasteiger partial charge >= 0.3 is 5.97 Å². The van der Waals surface area contributed by atoms with Crippen LogP contribution in [-0.2, 0) is 33.7 Å². The number of amides is 1. The number of hydrogen-bond acceptors (Lipinski definition) is 4. The maximum atomic E-state index is 12.9. The molecule has 0 spiro atoms. The lowest BCUT2D eigenvalue weighted by atomic mass is 9.93. The van der Waals surface area contributed by atoms with Crippen molar-refractivity contribution in [3.63, 3.8) is 0 Å². The van der Waals surface area contributed by atoms with E-state index in [1.807, 2.05) is 42.5 Å². The number of halogens is 1. The standard InChI is InChI=1S/C21H22BrNO4/c1-26-19-9-7-14(11-17(19)22)8-10-20(24)23-13-16-6-4-3-5-15(16)12-18(23)21(25)27-2/h3-7,9,11,18H,8,10,12-13H2,1-2H3. The highest BCUT2D eigenvalue weighted by Crippen LogP contribution is 2.27. The van der Waals surface area contributed by atoms with E-state index < -0.39 is 6.04 Å². The van der Waals surface area contributed by atoms with E-state index in [0.29, 0.717) is 25.8 Å². The van der Waals surface area contributed by atoms with Crippen LogP contribution in [0.15, 0.2) is 46.9 Å². The molecule has 27 heavy (non-hydrogen) atoms. The van der Waals surface area contributed by atoms with Crippen LogP contribution in [0.25, 0.3) is 0 Å². The lowest BCUT2D eigenvalue weighted by Gasteiger charge is -2.35. The Morgan fingerprint density at radius 3 is 2.56 bits per heavy atom. The number of hydrogen-bond donors (Lipinski definition) is 0. The van der Waals surface area contributed by atoms with E-state index in [4.69, 9.17) is 9.47 Å². The van der Waals surface area contributed by atoms with Crippen LogP contribution in [-0.4, -0.2) is 37.0 Å². The number of nitrogens with zero attached hydrogens (tertiary/aromatic N) is 1. The molecule has 142 valence electrons. The highest BCUT2D eigenvalue weighted by molar-refractivity contribution is 9.10. The minimum Gasteiger partial charge on any atom is -0.496 e. The molecule has 0 N–H and O–H groups in total. The minimum absolute atomic E-state index is 0.0492. The fourth-order valence-corrected chi connectivity index (χ4v) is 3.98. The average molecular weight is 432 g/mol. The van der Waals surface area contributed by atoms with Crippen LogP contribution in [0.1, 0.15) is 23.1 Å². The maximum Gasteiger partial charge on any atom is 0.328 e. The molecule has 0 aliphatic carbocycles. The number of methoxy groups -OCH3 is 2. The van der Waals surface area contributed by atoms with Crippen molar-refractivity contribution in [1.29, 1.82) is 0 Å². The summed E-state index contributed by atoms with van der Waals surface area (Å²) in [5, 5.41) is 0. The van der Waals surface area contributed by atoms with E-state index in [2.05, 4.69) is 15.9 Å². The maximum absolute atomic E-state index is 12.9. The topological polar surface area (TPSA) is 55.8 Å². The molecule has 1 atom stereocenters. The summed E-state index contributed by atoms with van der Waals surface area (Å²) in [5.74, 6) is 0.334. The quantitative estimate of drug-likeness (QED) is 0.679. The minimum atomic E-state index is -0.569. The first-order chi connectivity index (χ1) is 13.0. The van der Waals surface area contributed by atoms with Crippen molar-refractivity contribution < 1.29 is 19.1 Å². The van der Waals surface area contributed by atoms with Crippen molar-refractivity contribution in [2.75, 3.05) is 14.2 Å². The second-order valence-corrected chi connectivity index (χ2v) is 7.36. The number of benzene rings is 2. The number of esters is 1. The van der Waals surface area contributed by atoms with Gasteiger partial charge in [0, 0.05) is 19.4 Å². The average Bonchev–Trinajstić information content (AvgIpc) is 2.70. The SMILES string of the molecule is COC(=O)C1Cc2ccccc2CN1C(=O)CCc1ccc(OC)c(Br)c1. The van der Waals surface area contributed by atoms with Crippen LogP contribution < -0.4 is 4.74 Å². The van der Waals surface area contributed by atoms with Crippen LogP contribution >= 0.6 is 15.9 Å². The van der Waals surface area contributed by atoms with E-state index in [9.17, 15) is 9.59 Å². The van der Waals surface area contributed by atoms with Crippen molar-refractivity contribution >= 4 is 27.8 Å². The van der Waals surface area contributed by atoms with Crippen LogP contribution in [0.5, 0.6) is 5.75 Å². The van der Waals surface area contributed by atoms with E-state index in [1.165, 1.54) is 7.11 Å². The summed E-state index contributed by atoms with van der Waals surface area (Å²) < 4.78 is 11.0. The Kier molecular flexibility index (Phi) is 6.16. The molecule has 0 saturated heterocycles. The Hall–Kier alpha value is -2.34. The third-order valence-electron chi connectivity index (χ3n) is 4.89. The van der Waals surface area contributed by atoms with Crippen LogP contribution in [0.3, 0.4) is 0 Å². The van der Waals surface area contributed by atoms with Gasteiger partial charge in [0.2, 0.25) is 5.91 Å². The van der Waals surface area contributed by atoms with Crippen molar-refractivity contribution in [2.45, 2.75) is 31.8 Å². The van der Waals surface area contributed by atoms with Crippen LogP contribution in [0, 0.1) is 0 Å². The van der Waals surface area contributed by atoms with Crippen molar-refractivity contribution in [3.05, 3.63) is 63.6 Å². The monoisotopic (exact) mass is 431 g/mol. The molecular weight excluding hydrogens is 410 g/mol. The van der Waals surface area contributed by atoms with Gasteiger partial charge in [0.25, 0.3) is 0 Å². The van der Waals surface area contributed by atoms with Gasteiger partial charge in [-0.1, -0.05) is 30.3 Å². The summed E-state index contributed by atoms with van der Waals surface area (Å²) in [6, 6.07) is 13.1. The van der Waals surface area contributed by atoms with Crippen molar-refractivity contribution in [3.8, 4) is 5.75 Å². The predicted molar refractivity (Wildman–Crippen MR) is 106 cm³/mol. The van der Waals surface area contributed by atoms with Gasteiger partial charge < -0.3 is 14.4 Å². The summed E-state index contributed by atoms with van der Waals surface area (Å²) in [7, 11) is 2.98. The molecule has 1 amide bonds. The third kappa shape index (κ3) is 4.33. The molecular formula is C21H22BrNO4. The number of aryl methyl sites for hydroxylation is 1. The predicted octanol–water partition coefficient (Wildman–Crippen LogP) is 3.52. The third-order valence-corrected chi connectivity index (χ3v) is 5.51. The molecule has 2 aromatic rings. The zero-order valence-electron chi connectivity index (χ0n) is 15.4. The molecule has 6 heteroatoms. The van der Waals surface area contributed by atoms with Gasteiger partial charge in [-0.15, -0.1) is 0 Å². The molecule has 0 fully saturated rings. The largest absolute Gasteiger partial charge is 0.496 e. The first-order valence-electron chi connectivity index (χ1n) is 8.80. The normalized spacial score (nSPS) is 15.8. The van der Waals surface area contributed by atoms with Crippen molar-refractivity contribution in [2.24, 2.45) is 0 Å². The Balaban J connectivity index is 1.73. The lowest BCUT2D eigenvalue weighted by molar-refractivity contribution is -0.154. The van der Waals surface area contributed by atoms with E-state index in [0.717, 1.165) is 26.9 Å². The molecule has 0 radical (unpaired) electrons. The number of fused-ring (bicyclic) bond motifs is 1. The lowest BCUT2D eigenvalue weighted by Crippen LogP contribution is -2.49. The Bertz CT molecular complexity index is 852. The first-order valence-corrected chi connectivity index (χ1v) is 9.59. The summed E-state index contributed by atoms with van der Waals surface area (Å²) in [4.78, 5) is 26.8. The molecule has 1 heterocycles. The van der Waals surface area contributed by atoms with E-state index in [1.54, 1.807) is 12.0 Å². The van der Waals surface area contributed by atoms with Gasteiger partial charge in [0.1, 0.15) is 11.8 Å². The molecule has 1 aliphatic rings. The van der Waals surface area contributed by atoms with E-state index >= 15 is 0 Å². The van der Waals surface area contributed by atoms with Gasteiger partial charge in [-0.2, -0.15) is 0 Å². The zero-order chi connectivity index (χ0) is 19.4. The number of ether oxygens (including phenoxy) is 2. The van der Waals surface area contributed by atoms with Gasteiger partial charge in [-0.25, -0.2) is 4.79 Å². The number of carbonyl (C=O) groups excluding carboxylic acids is 2. The van der Waals surface area contributed by atoms with Crippen molar-refractivity contribution in [1.82, 2.24) is 4.90 Å². The van der Waals surface area contributed by atoms with E-state index in [-0.39, 0.29) is 11.9 Å². The Morgan fingerprint density at radius 1 is 1.15 bits per heavy atom. The molecule has 0 saturated carbocycles. The summed E-state index contributed by atoms with van der Waals surface area (Å²) >= 11 is 3.47. The summed E-state index contributed by atoms with van der Waals surface area (Å²) in [6.07, 6.45) is 1.41. The highest BCUT2D eigenvalue weighted by atomic mass is 79.9. The fourth-order valence-electron chi connectivity index (χ4n) is 3.39.